The van der Waals surface area contributed by atoms with Crippen molar-refractivity contribution in [2.75, 3.05) is 0 Å². The Morgan fingerprint density at radius 2 is 2.06 bits per heavy atom. The van der Waals surface area contributed by atoms with E-state index in [-0.39, 0.29) is 5.92 Å². The van der Waals surface area contributed by atoms with Crippen LogP contribution in [0.2, 0.25) is 0 Å². The number of carbonyl (C=O) groups is 1. The molecule has 0 unspecified atom stereocenters. The van der Waals surface area contributed by atoms with E-state index in [9.17, 15) is 4.79 Å². The predicted octanol–water partition coefficient (Wildman–Crippen LogP) is 3.55. The highest BCUT2D eigenvalue weighted by atomic mass is 16.4. The second kappa shape index (κ2) is 4.84. The van der Waals surface area contributed by atoms with Crippen molar-refractivity contribution in [3.05, 3.63) is 35.5 Å². The Morgan fingerprint density at radius 1 is 1.33 bits per heavy atom. The van der Waals surface area contributed by atoms with E-state index >= 15 is 0 Å². The monoisotopic (exact) mass is 245 g/mol. The van der Waals surface area contributed by atoms with Crippen molar-refractivity contribution in [1.29, 1.82) is 0 Å². The molecule has 0 aliphatic rings. The van der Waals surface area contributed by atoms with Gasteiger partial charge in [-0.15, -0.1) is 0 Å². The quantitative estimate of drug-likeness (QED) is 0.865. The van der Waals surface area contributed by atoms with E-state index in [2.05, 4.69) is 31.0 Å². The zero-order chi connectivity index (χ0) is 13.3. The van der Waals surface area contributed by atoms with Crippen LogP contribution >= 0.6 is 0 Å². The minimum absolute atomic E-state index is 0.355. The molecule has 18 heavy (non-hydrogen) atoms. The molecule has 3 heteroatoms. The summed E-state index contributed by atoms with van der Waals surface area (Å²) < 4.78 is 0. The summed E-state index contributed by atoms with van der Waals surface area (Å²) >= 11 is 0. The maximum atomic E-state index is 10.9. The van der Waals surface area contributed by atoms with Crippen LogP contribution < -0.4 is 0 Å². The fraction of sp³-hybridized carbons (Fsp3) is 0.400. The zero-order valence-electron chi connectivity index (χ0n) is 11.0. The van der Waals surface area contributed by atoms with Crippen LogP contribution in [0, 0.1) is 5.92 Å². The van der Waals surface area contributed by atoms with Crippen LogP contribution in [0.1, 0.15) is 37.8 Å². The number of fused-ring (bicyclic) bond motifs is 1. The summed E-state index contributed by atoms with van der Waals surface area (Å²) in [7, 11) is 0. The average molecular weight is 245 g/mol. The molecule has 1 aromatic heterocycles. The lowest BCUT2D eigenvalue weighted by atomic mass is 9.97. The van der Waals surface area contributed by atoms with Gasteiger partial charge in [0.1, 0.15) is 0 Å². The van der Waals surface area contributed by atoms with Gasteiger partial charge in [-0.1, -0.05) is 39.0 Å². The van der Waals surface area contributed by atoms with Crippen molar-refractivity contribution < 1.29 is 9.90 Å². The molecule has 0 radical (unpaired) electrons. The van der Waals surface area contributed by atoms with E-state index in [0.717, 1.165) is 16.5 Å². The summed E-state index contributed by atoms with van der Waals surface area (Å²) in [6.45, 7) is 6.07. The second-order valence-corrected chi connectivity index (χ2v) is 5.18. The molecule has 2 rings (SSSR count). The molecule has 0 spiro atoms. The lowest BCUT2D eigenvalue weighted by molar-refractivity contribution is -0.141. The molecule has 0 saturated carbocycles. The lowest BCUT2D eigenvalue weighted by Crippen LogP contribution is -2.11. The summed E-state index contributed by atoms with van der Waals surface area (Å²) in [6, 6.07) is 6.22. The van der Waals surface area contributed by atoms with Gasteiger partial charge in [-0.3, -0.25) is 4.79 Å². The summed E-state index contributed by atoms with van der Waals surface area (Å²) in [5, 5.41) is 10.1. The Bertz CT molecular complexity index is 569. The van der Waals surface area contributed by atoms with Gasteiger partial charge >= 0.3 is 5.97 Å². The number of benzene rings is 1. The zero-order valence-corrected chi connectivity index (χ0v) is 11.0. The molecule has 96 valence electrons. The molecular weight excluding hydrogens is 226 g/mol. The summed E-state index contributed by atoms with van der Waals surface area (Å²) in [6.07, 6.45) is 2.51. The summed E-state index contributed by atoms with van der Waals surface area (Å²) in [5.41, 5.74) is 3.50. The third-order valence-corrected chi connectivity index (χ3v) is 3.40. The van der Waals surface area contributed by atoms with Crippen LogP contribution in [0.25, 0.3) is 10.9 Å². The molecule has 2 N–H and O–H groups in total. The van der Waals surface area contributed by atoms with Crippen molar-refractivity contribution in [3.8, 4) is 0 Å². The van der Waals surface area contributed by atoms with Gasteiger partial charge in [0.05, 0.1) is 5.92 Å². The highest BCUT2D eigenvalue weighted by Gasteiger charge is 2.15. The number of carboxylic acids is 1. The Morgan fingerprint density at radius 3 is 2.67 bits per heavy atom. The lowest BCUT2D eigenvalue weighted by Gasteiger charge is -2.08. The van der Waals surface area contributed by atoms with Crippen molar-refractivity contribution in [2.45, 2.75) is 33.1 Å². The minimum atomic E-state index is -0.746. The first-order valence-electron chi connectivity index (χ1n) is 6.32. The first-order chi connectivity index (χ1) is 8.50. The van der Waals surface area contributed by atoms with Crippen LogP contribution in [0.4, 0.5) is 0 Å². The maximum absolute atomic E-state index is 10.9. The number of hydrogen-bond acceptors (Lipinski definition) is 1. The topological polar surface area (TPSA) is 53.1 Å². The van der Waals surface area contributed by atoms with Gasteiger partial charge < -0.3 is 10.1 Å². The predicted molar refractivity (Wildman–Crippen MR) is 72.9 cm³/mol. The summed E-state index contributed by atoms with van der Waals surface area (Å²) in [4.78, 5) is 14.2. The molecule has 1 heterocycles. The third-order valence-electron chi connectivity index (χ3n) is 3.40. The summed E-state index contributed by atoms with van der Waals surface area (Å²) in [5.74, 6) is -0.645. The van der Waals surface area contributed by atoms with Gasteiger partial charge in [0.15, 0.2) is 0 Å². The van der Waals surface area contributed by atoms with Crippen LogP contribution in [0.5, 0.6) is 0 Å². The van der Waals surface area contributed by atoms with E-state index in [1.807, 2.05) is 12.3 Å². The molecule has 1 atom stereocenters. The van der Waals surface area contributed by atoms with Gasteiger partial charge in [0.25, 0.3) is 0 Å². The largest absolute Gasteiger partial charge is 0.481 e. The van der Waals surface area contributed by atoms with Crippen LogP contribution in [0.3, 0.4) is 0 Å². The molecule has 0 aliphatic heterocycles. The van der Waals surface area contributed by atoms with Crippen LogP contribution in [0.15, 0.2) is 24.4 Å². The Hall–Kier alpha value is -1.77. The van der Waals surface area contributed by atoms with Gasteiger partial charge in [0.2, 0.25) is 0 Å². The Kier molecular flexibility index (Phi) is 3.41. The maximum Gasteiger partial charge on any atom is 0.306 e. The standard InChI is InChI=1S/C15H19NO2/c1-9(2)12-5-4-6-13-11(8-16-14(12)13)7-10(3)15(17)18/h4-6,8-10,16H,7H2,1-3H3,(H,17,18)/t10-/m0/s1. The molecule has 0 aliphatic carbocycles. The molecule has 2 aromatic rings. The number of hydrogen-bond donors (Lipinski definition) is 2. The molecule has 0 fully saturated rings. The van der Waals surface area contributed by atoms with Gasteiger partial charge in [0, 0.05) is 17.1 Å². The molecule has 1 aromatic carbocycles. The molecular formula is C15H19NO2. The Balaban J connectivity index is 2.43. The number of aliphatic carboxylic acids is 1. The number of nitrogens with one attached hydrogen (secondary N) is 1. The number of aromatic amines is 1. The van der Waals surface area contributed by atoms with Crippen molar-refractivity contribution in [3.63, 3.8) is 0 Å². The third kappa shape index (κ3) is 2.26. The van der Waals surface area contributed by atoms with E-state index < -0.39 is 5.97 Å². The minimum Gasteiger partial charge on any atom is -0.481 e. The molecule has 0 saturated heterocycles. The van der Waals surface area contributed by atoms with E-state index in [0.29, 0.717) is 12.3 Å². The van der Waals surface area contributed by atoms with Gasteiger partial charge in [-0.05, 0) is 23.5 Å². The van der Waals surface area contributed by atoms with Crippen molar-refractivity contribution in [1.82, 2.24) is 4.98 Å². The number of para-hydroxylation sites is 1. The highest BCUT2D eigenvalue weighted by Crippen LogP contribution is 2.28. The number of rotatable bonds is 4. The molecule has 0 amide bonds. The fourth-order valence-electron chi connectivity index (χ4n) is 2.30. The fourth-order valence-corrected chi connectivity index (χ4v) is 2.30. The van der Waals surface area contributed by atoms with Crippen molar-refractivity contribution >= 4 is 16.9 Å². The van der Waals surface area contributed by atoms with E-state index in [4.69, 9.17) is 5.11 Å². The number of aromatic nitrogens is 1. The average Bonchev–Trinajstić information content (AvgIpc) is 2.72. The number of H-pyrrole nitrogens is 1. The normalized spacial score (nSPS) is 13.1. The Labute approximate surface area is 107 Å². The van der Waals surface area contributed by atoms with Gasteiger partial charge in [-0.25, -0.2) is 0 Å². The first kappa shape index (κ1) is 12.7. The highest BCUT2D eigenvalue weighted by molar-refractivity contribution is 5.87. The first-order valence-corrected chi connectivity index (χ1v) is 6.32. The second-order valence-electron chi connectivity index (χ2n) is 5.18. The van der Waals surface area contributed by atoms with Crippen LogP contribution in [-0.2, 0) is 11.2 Å². The van der Waals surface area contributed by atoms with Gasteiger partial charge in [-0.2, -0.15) is 0 Å². The molecule has 3 nitrogen and oxygen atoms in total. The van der Waals surface area contributed by atoms with Crippen molar-refractivity contribution in [2.24, 2.45) is 5.92 Å². The van der Waals surface area contributed by atoms with E-state index in [1.165, 1.54) is 5.56 Å². The number of carboxylic acid groups (broad SMARTS) is 1. The SMILES string of the molecule is CC(C)c1cccc2c(C[C@H](C)C(=O)O)c[nH]c12. The molecule has 0 bridgehead atoms. The van der Waals surface area contributed by atoms with E-state index in [1.54, 1.807) is 6.92 Å². The van der Waals surface area contributed by atoms with Crippen LogP contribution in [-0.4, -0.2) is 16.1 Å². The smallest absolute Gasteiger partial charge is 0.306 e.